The first-order chi connectivity index (χ1) is 19.7. The molecule has 0 aromatic heterocycles. The summed E-state index contributed by atoms with van der Waals surface area (Å²) in [6.45, 7) is 25.8. The van der Waals surface area contributed by atoms with Crippen LogP contribution in [0.5, 0.6) is 0 Å². The van der Waals surface area contributed by atoms with Crippen molar-refractivity contribution in [3.8, 4) is 0 Å². The second kappa shape index (κ2) is 16.9. The quantitative estimate of drug-likeness (QED) is 0.101. The number of rotatable bonds is 14. The van der Waals surface area contributed by atoms with E-state index in [-0.39, 0.29) is 18.3 Å². The van der Waals surface area contributed by atoms with Gasteiger partial charge in [-0.15, -0.1) is 0 Å². The molecular weight excluding hydrogens is 649 g/mol. The SMILES string of the molecule is CCC[CH2][Sn](/[CH]=C(\C)[C@H]1CN(C(=O)OC(C)(C)C)[C@H](C(=O)OC(C)(C)C)[C@H]1CC(=O)OC(C)(C)C)([CH2]CCC)[CH2]CCC. The molecule has 1 aliphatic rings. The van der Waals surface area contributed by atoms with Crippen LogP contribution in [0.4, 0.5) is 4.79 Å². The van der Waals surface area contributed by atoms with E-state index in [1.165, 1.54) is 62.3 Å². The van der Waals surface area contributed by atoms with Crippen molar-refractivity contribution in [3.63, 3.8) is 0 Å². The van der Waals surface area contributed by atoms with Gasteiger partial charge in [0.2, 0.25) is 0 Å². The summed E-state index contributed by atoms with van der Waals surface area (Å²) in [5.74, 6) is -1.51. The van der Waals surface area contributed by atoms with Crippen LogP contribution in [-0.4, -0.2) is 70.7 Å². The maximum absolute atomic E-state index is 13.9. The zero-order valence-corrected chi connectivity index (χ0v) is 32.8. The van der Waals surface area contributed by atoms with Crippen LogP contribution in [0.3, 0.4) is 0 Å². The molecule has 0 N–H and O–H groups in total. The van der Waals surface area contributed by atoms with E-state index in [1.54, 1.807) is 0 Å². The van der Waals surface area contributed by atoms with Crippen LogP contribution in [0.2, 0.25) is 13.3 Å². The molecule has 0 unspecified atom stereocenters. The van der Waals surface area contributed by atoms with E-state index < -0.39 is 59.2 Å². The first kappa shape index (κ1) is 39.8. The van der Waals surface area contributed by atoms with Crippen molar-refractivity contribution >= 4 is 36.4 Å². The van der Waals surface area contributed by atoms with Crippen molar-refractivity contribution in [1.82, 2.24) is 4.90 Å². The Morgan fingerprint density at radius 3 is 1.58 bits per heavy atom. The summed E-state index contributed by atoms with van der Waals surface area (Å²) in [6, 6.07) is -0.943. The van der Waals surface area contributed by atoms with Crippen molar-refractivity contribution < 1.29 is 28.6 Å². The first-order valence-electron chi connectivity index (χ1n) is 16.8. The van der Waals surface area contributed by atoms with E-state index in [1.807, 2.05) is 62.3 Å². The number of hydrogen-bond donors (Lipinski definition) is 0. The third-order valence-corrected chi connectivity index (χ3v) is 22.6. The van der Waals surface area contributed by atoms with Crippen molar-refractivity contribution in [2.24, 2.45) is 11.8 Å². The molecule has 0 spiro atoms. The standard InChI is InChI=1S/C23H38NO6.3C4H9.Sn/c1-14(2)16-13-24(20(27)30-23(9,10)11)18(19(26)29-22(6,7)8)15(16)12-17(25)28-21(3,4)5;3*1-3-4-2;/h1,15-16,18H,12-13H2,2-11H3;3*1,3-4H2,2H3;/t15-,16+,18-;;;;/m0..../s1. The normalized spacial score (nSPS) is 20.3. The predicted octanol–water partition coefficient (Wildman–Crippen LogP) is 9.25. The average molecular weight is 715 g/mol. The summed E-state index contributed by atoms with van der Waals surface area (Å²) in [4.78, 5) is 42.4. The molecule has 0 radical (unpaired) electrons. The fourth-order valence-electron chi connectivity index (χ4n) is 6.16. The van der Waals surface area contributed by atoms with Crippen molar-refractivity contribution in [1.29, 1.82) is 0 Å². The molecule has 1 rings (SSSR count). The van der Waals surface area contributed by atoms with Gasteiger partial charge in [0.05, 0.1) is 0 Å². The predicted molar refractivity (Wildman–Crippen MR) is 179 cm³/mol. The van der Waals surface area contributed by atoms with Crippen LogP contribution < -0.4 is 0 Å². The van der Waals surface area contributed by atoms with Gasteiger partial charge in [-0.1, -0.05) is 0 Å². The number of likely N-dealkylation sites (tertiary alicyclic amines) is 1. The van der Waals surface area contributed by atoms with Crippen LogP contribution in [0.15, 0.2) is 9.67 Å². The molecule has 0 saturated carbocycles. The molecule has 1 saturated heterocycles. The summed E-state index contributed by atoms with van der Waals surface area (Å²) in [5.41, 5.74) is -0.922. The fraction of sp³-hybridized carbons (Fsp3) is 0.857. The molecule has 8 heteroatoms. The van der Waals surface area contributed by atoms with E-state index in [4.69, 9.17) is 14.2 Å². The van der Waals surface area contributed by atoms with Gasteiger partial charge in [-0.2, -0.15) is 0 Å². The summed E-state index contributed by atoms with van der Waals surface area (Å²) >= 11 is -2.75. The van der Waals surface area contributed by atoms with Crippen LogP contribution in [0, 0.1) is 11.8 Å². The van der Waals surface area contributed by atoms with Gasteiger partial charge in [0.15, 0.2) is 0 Å². The van der Waals surface area contributed by atoms with E-state index in [0.29, 0.717) is 6.54 Å². The number of nitrogens with zero attached hydrogens (tertiary/aromatic N) is 1. The van der Waals surface area contributed by atoms with Gasteiger partial charge in [0.1, 0.15) is 0 Å². The molecule has 3 atom stereocenters. The van der Waals surface area contributed by atoms with Crippen LogP contribution in [-0.2, 0) is 23.8 Å². The Labute approximate surface area is 268 Å². The summed E-state index contributed by atoms with van der Waals surface area (Å²) in [6.07, 6.45) is 6.74. The Bertz CT molecular complexity index is 918. The number of amides is 1. The van der Waals surface area contributed by atoms with Gasteiger partial charge in [-0.3, -0.25) is 0 Å². The van der Waals surface area contributed by atoms with E-state index in [0.717, 1.165) is 0 Å². The van der Waals surface area contributed by atoms with Gasteiger partial charge in [-0.25, -0.2) is 0 Å². The van der Waals surface area contributed by atoms with E-state index in [2.05, 4.69) is 31.8 Å². The Balaban J connectivity index is 3.78. The molecule has 0 aromatic rings. The Kier molecular flexibility index (Phi) is 15.6. The fourth-order valence-corrected chi connectivity index (χ4v) is 22.0. The molecule has 1 aliphatic heterocycles. The van der Waals surface area contributed by atoms with Crippen LogP contribution in [0.25, 0.3) is 0 Å². The van der Waals surface area contributed by atoms with Crippen molar-refractivity contribution in [2.75, 3.05) is 6.54 Å². The van der Waals surface area contributed by atoms with Gasteiger partial charge < -0.3 is 0 Å². The van der Waals surface area contributed by atoms with Gasteiger partial charge in [0, 0.05) is 0 Å². The first-order valence-corrected chi connectivity index (χ1v) is 24.5. The summed E-state index contributed by atoms with van der Waals surface area (Å²) in [5, 5.41) is 0. The third kappa shape index (κ3) is 14.2. The molecule has 1 heterocycles. The number of carbonyl (C=O) groups is 3. The molecule has 7 nitrogen and oxygen atoms in total. The van der Waals surface area contributed by atoms with Crippen LogP contribution >= 0.6 is 0 Å². The van der Waals surface area contributed by atoms with Gasteiger partial charge in [0.25, 0.3) is 0 Å². The summed E-state index contributed by atoms with van der Waals surface area (Å²) in [7, 11) is 0. The van der Waals surface area contributed by atoms with Gasteiger partial charge >= 0.3 is 269 Å². The summed E-state index contributed by atoms with van der Waals surface area (Å²) < 4.78 is 24.1. The molecule has 250 valence electrons. The topological polar surface area (TPSA) is 82.1 Å². The molecule has 0 aliphatic carbocycles. The van der Waals surface area contributed by atoms with Crippen LogP contribution in [0.1, 0.15) is 135 Å². The second-order valence-corrected chi connectivity index (χ2v) is 28.6. The maximum atomic E-state index is 13.9. The zero-order valence-electron chi connectivity index (χ0n) is 30.0. The molecule has 1 amide bonds. The Morgan fingerprint density at radius 1 is 0.744 bits per heavy atom. The molecule has 1 fully saturated rings. The van der Waals surface area contributed by atoms with E-state index in [9.17, 15) is 14.4 Å². The second-order valence-electron chi connectivity index (χ2n) is 15.7. The zero-order chi connectivity index (χ0) is 33.2. The number of hydrogen-bond acceptors (Lipinski definition) is 6. The Hall–Kier alpha value is -1.25. The number of carbonyl (C=O) groups excluding carboxylic acids is 3. The van der Waals surface area contributed by atoms with E-state index >= 15 is 0 Å². The monoisotopic (exact) mass is 715 g/mol. The molecule has 0 bridgehead atoms. The molecular formula is C35H65NO6Sn. The number of ether oxygens (including phenoxy) is 3. The van der Waals surface area contributed by atoms with Crippen molar-refractivity contribution in [3.05, 3.63) is 9.67 Å². The minimum absolute atomic E-state index is 0.0255. The van der Waals surface area contributed by atoms with Gasteiger partial charge in [-0.05, 0) is 0 Å². The third-order valence-electron chi connectivity index (χ3n) is 7.95. The molecule has 43 heavy (non-hydrogen) atoms. The molecule has 0 aromatic carbocycles. The number of esters is 2. The minimum atomic E-state index is -2.75. The van der Waals surface area contributed by atoms with Crippen molar-refractivity contribution in [2.45, 2.75) is 171 Å². The Morgan fingerprint density at radius 2 is 1.19 bits per heavy atom. The average Bonchev–Trinajstić information content (AvgIpc) is 3.21. The number of unbranched alkanes of at least 4 members (excludes halogenated alkanes) is 3.